The predicted molar refractivity (Wildman–Crippen MR) is 45.9 cm³/mol. The lowest BCUT2D eigenvalue weighted by molar-refractivity contribution is -0.139. The molecule has 1 saturated heterocycles. The minimum Gasteiger partial charge on any atom is -0.480 e. The van der Waals surface area contributed by atoms with Crippen molar-refractivity contribution in [2.75, 3.05) is 5.75 Å². The van der Waals surface area contributed by atoms with E-state index in [4.69, 9.17) is 5.11 Å². The molecule has 0 aliphatic carbocycles. The van der Waals surface area contributed by atoms with Crippen LogP contribution in [0.4, 0.5) is 0 Å². The van der Waals surface area contributed by atoms with Crippen molar-refractivity contribution >= 4 is 17.7 Å². The van der Waals surface area contributed by atoms with Crippen molar-refractivity contribution in [3.8, 4) is 0 Å². The fourth-order valence-corrected chi connectivity index (χ4v) is 2.14. The summed E-state index contributed by atoms with van der Waals surface area (Å²) >= 11 is 1.72. The van der Waals surface area contributed by atoms with Crippen LogP contribution >= 0.6 is 11.8 Å². The second-order valence-electron chi connectivity index (χ2n) is 2.88. The smallest absolute Gasteiger partial charge is 0.321 e. The second-order valence-corrected chi connectivity index (χ2v) is 4.29. The Kier molecular flexibility index (Phi) is 2.78. The van der Waals surface area contributed by atoms with E-state index in [0.29, 0.717) is 17.0 Å². The Morgan fingerprint density at radius 2 is 2.27 bits per heavy atom. The molecule has 1 aliphatic rings. The molecular weight excluding hydrogens is 162 g/mol. The van der Waals surface area contributed by atoms with Crippen LogP contribution in [0.25, 0.3) is 0 Å². The Bertz CT molecular complexity index is 163. The third-order valence-electron chi connectivity index (χ3n) is 1.99. The third kappa shape index (κ3) is 2.10. The van der Waals surface area contributed by atoms with Crippen LogP contribution in [-0.4, -0.2) is 34.2 Å². The lowest BCUT2D eigenvalue weighted by Crippen LogP contribution is -2.51. The maximum Gasteiger partial charge on any atom is 0.321 e. The molecular formula is C7H13NO2S. The number of thioether (sulfide) groups is 1. The van der Waals surface area contributed by atoms with E-state index in [0.717, 1.165) is 0 Å². The van der Waals surface area contributed by atoms with Crippen molar-refractivity contribution in [3.05, 3.63) is 0 Å². The Balaban J connectivity index is 2.46. The van der Waals surface area contributed by atoms with Gasteiger partial charge in [0.1, 0.15) is 6.04 Å². The number of hydrogen-bond donors (Lipinski definition) is 2. The van der Waals surface area contributed by atoms with Crippen LogP contribution in [0, 0.1) is 0 Å². The minimum atomic E-state index is -0.740. The zero-order chi connectivity index (χ0) is 8.43. The summed E-state index contributed by atoms with van der Waals surface area (Å²) < 4.78 is 0. The summed E-state index contributed by atoms with van der Waals surface area (Å²) in [5, 5.41) is 12.2. The molecule has 3 atom stereocenters. The fraction of sp³-hybridized carbons (Fsp3) is 0.857. The van der Waals surface area contributed by atoms with Gasteiger partial charge in [0, 0.05) is 17.0 Å². The van der Waals surface area contributed by atoms with E-state index in [1.54, 1.807) is 11.8 Å². The topological polar surface area (TPSA) is 49.3 Å². The summed E-state index contributed by atoms with van der Waals surface area (Å²) in [5.74, 6) is -0.0582. The molecule has 0 aromatic rings. The van der Waals surface area contributed by atoms with Gasteiger partial charge in [-0.3, -0.25) is 4.79 Å². The number of carbonyl (C=O) groups is 1. The first-order valence-corrected chi connectivity index (χ1v) is 4.76. The van der Waals surface area contributed by atoms with E-state index in [2.05, 4.69) is 12.2 Å². The molecule has 0 bridgehead atoms. The van der Waals surface area contributed by atoms with Gasteiger partial charge < -0.3 is 10.4 Å². The fourth-order valence-electron chi connectivity index (χ4n) is 1.04. The minimum absolute atomic E-state index is 0.301. The van der Waals surface area contributed by atoms with Crippen molar-refractivity contribution in [1.29, 1.82) is 0 Å². The predicted octanol–water partition coefficient (Wildman–Crippen LogP) is 0.553. The SMILES string of the molecule is CC1NC(C(=O)O)CSC1C. The molecule has 1 rings (SSSR count). The summed E-state index contributed by atoms with van der Waals surface area (Å²) in [7, 11) is 0. The molecule has 64 valence electrons. The first-order chi connectivity index (χ1) is 5.11. The largest absolute Gasteiger partial charge is 0.480 e. The Hall–Kier alpha value is -0.220. The van der Waals surface area contributed by atoms with E-state index in [9.17, 15) is 4.79 Å². The average molecular weight is 175 g/mol. The molecule has 2 N–H and O–H groups in total. The standard InChI is InChI=1S/C7H13NO2S/c1-4-5(2)11-3-6(8-4)7(9)10/h4-6,8H,3H2,1-2H3,(H,9,10). The van der Waals surface area contributed by atoms with Crippen LogP contribution in [0.3, 0.4) is 0 Å². The summed E-state index contributed by atoms with van der Waals surface area (Å²) in [6, 6.07) is -0.0546. The van der Waals surface area contributed by atoms with Crippen LogP contribution in [0.5, 0.6) is 0 Å². The molecule has 1 fully saturated rings. The van der Waals surface area contributed by atoms with Gasteiger partial charge >= 0.3 is 5.97 Å². The normalized spacial score (nSPS) is 38.5. The average Bonchev–Trinajstić information content (AvgIpc) is 1.94. The highest BCUT2D eigenvalue weighted by molar-refractivity contribution is 8.00. The Morgan fingerprint density at radius 3 is 2.73 bits per heavy atom. The van der Waals surface area contributed by atoms with Gasteiger partial charge in [-0.2, -0.15) is 11.8 Å². The molecule has 1 heterocycles. The lowest BCUT2D eigenvalue weighted by Gasteiger charge is -2.30. The van der Waals surface area contributed by atoms with Gasteiger partial charge in [0.25, 0.3) is 0 Å². The number of carboxylic acids is 1. The molecule has 1 aliphatic heterocycles. The molecule has 4 heteroatoms. The van der Waals surface area contributed by atoms with Crippen LogP contribution < -0.4 is 5.32 Å². The molecule has 0 saturated carbocycles. The van der Waals surface area contributed by atoms with Gasteiger partial charge in [-0.05, 0) is 6.92 Å². The first-order valence-electron chi connectivity index (χ1n) is 3.71. The number of hydrogen-bond acceptors (Lipinski definition) is 3. The number of aliphatic carboxylic acids is 1. The van der Waals surface area contributed by atoms with E-state index in [1.807, 2.05) is 6.92 Å². The summed E-state index contributed by atoms with van der Waals surface area (Å²) in [4.78, 5) is 10.5. The molecule has 3 nitrogen and oxygen atoms in total. The number of nitrogens with one attached hydrogen (secondary N) is 1. The zero-order valence-electron chi connectivity index (χ0n) is 6.70. The third-order valence-corrected chi connectivity index (χ3v) is 3.45. The molecule has 0 spiro atoms. The monoisotopic (exact) mass is 175 g/mol. The van der Waals surface area contributed by atoms with Crippen molar-refractivity contribution in [2.45, 2.75) is 31.2 Å². The summed E-state index contributed by atoms with van der Waals surface area (Å²) in [6.07, 6.45) is 0. The molecule has 0 radical (unpaired) electrons. The molecule has 3 unspecified atom stereocenters. The zero-order valence-corrected chi connectivity index (χ0v) is 7.52. The van der Waals surface area contributed by atoms with Crippen LogP contribution in [-0.2, 0) is 4.79 Å². The first kappa shape index (κ1) is 8.87. The van der Waals surface area contributed by atoms with E-state index >= 15 is 0 Å². The molecule has 0 amide bonds. The van der Waals surface area contributed by atoms with E-state index in [-0.39, 0.29) is 6.04 Å². The highest BCUT2D eigenvalue weighted by atomic mass is 32.2. The molecule has 11 heavy (non-hydrogen) atoms. The van der Waals surface area contributed by atoms with Gasteiger partial charge in [0.15, 0.2) is 0 Å². The summed E-state index contributed by atoms with van der Waals surface area (Å²) in [5.41, 5.74) is 0. The maximum atomic E-state index is 10.5. The molecule has 0 aromatic carbocycles. The van der Waals surface area contributed by atoms with Gasteiger partial charge in [0.2, 0.25) is 0 Å². The van der Waals surface area contributed by atoms with Crippen molar-refractivity contribution < 1.29 is 9.90 Å². The quantitative estimate of drug-likeness (QED) is 0.611. The Morgan fingerprint density at radius 1 is 1.64 bits per heavy atom. The lowest BCUT2D eigenvalue weighted by atomic mass is 10.2. The second kappa shape index (κ2) is 3.45. The highest BCUT2D eigenvalue weighted by Crippen LogP contribution is 2.20. The number of carboxylic acid groups (broad SMARTS) is 1. The van der Waals surface area contributed by atoms with Crippen molar-refractivity contribution in [3.63, 3.8) is 0 Å². The van der Waals surface area contributed by atoms with Crippen LogP contribution in [0.15, 0.2) is 0 Å². The van der Waals surface area contributed by atoms with Gasteiger partial charge in [-0.1, -0.05) is 6.92 Å². The van der Waals surface area contributed by atoms with Gasteiger partial charge in [-0.25, -0.2) is 0 Å². The van der Waals surface area contributed by atoms with Gasteiger partial charge in [-0.15, -0.1) is 0 Å². The highest BCUT2D eigenvalue weighted by Gasteiger charge is 2.28. The van der Waals surface area contributed by atoms with Gasteiger partial charge in [0.05, 0.1) is 0 Å². The maximum absolute atomic E-state index is 10.5. The van der Waals surface area contributed by atoms with Crippen molar-refractivity contribution in [1.82, 2.24) is 5.32 Å². The van der Waals surface area contributed by atoms with Crippen molar-refractivity contribution in [2.24, 2.45) is 0 Å². The van der Waals surface area contributed by atoms with E-state index in [1.165, 1.54) is 0 Å². The number of rotatable bonds is 1. The Labute approximate surface area is 70.6 Å². The molecule has 0 aromatic heterocycles. The van der Waals surface area contributed by atoms with E-state index < -0.39 is 5.97 Å². The van der Waals surface area contributed by atoms with Crippen LogP contribution in [0.1, 0.15) is 13.8 Å². The van der Waals surface area contributed by atoms with Crippen LogP contribution in [0.2, 0.25) is 0 Å². The summed E-state index contributed by atoms with van der Waals surface area (Å²) in [6.45, 7) is 4.13.